The summed E-state index contributed by atoms with van der Waals surface area (Å²) in [5, 5.41) is 2.42. The van der Waals surface area contributed by atoms with E-state index in [1.54, 1.807) is 0 Å². The molecule has 19 heavy (non-hydrogen) atoms. The molecule has 0 aromatic rings. The number of rotatable bonds is 4. The molecule has 1 saturated heterocycles. The van der Waals surface area contributed by atoms with Gasteiger partial charge >= 0.3 is 6.18 Å². The standard InChI is InChI=1S/C12H22F3N3O/c1-3-6-18-7-4-9(5-8-18)17-10(19)11(2,16)12(13,14)15/h9H,3-8,16H2,1-2H3,(H,17,19). The van der Waals surface area contributed by atoms with Crippen LogP contribution in [0, 0.1) is 0 Å². The lowest BCUT2D eigenvalue weighted by atomic mass is 9.99. The third-order valence-electron chi connectivity index (χ3n) is 3.52. The van der Waals surface area contributed by atoms with E-state index < -0.39 is 17.6 Å². The zero-order valence-electron chi connectivity index (χ0n) is 11.4. The van der Waals surface area contributed by atoms with Gasteiger partial charge < -0.3 is 16.0 Å². The first-order valence-electron chi connectivity index (χ1n) is 6.57. The summed E-state index contributed by atoms with van der Waals surface area (Å²) in [4.78, 5) is 13.9. The number of carbonyl (C=O) groups excluding carboxylic acids is 1. The highest BCUT2D eigenvalue weighted by molar-refractivity contribution is 5.86. The van der Waals surface area contributed by atoms with Crippen LogP contribution in [0.4, 0.5) is 13.2 Å². The number of nitrogens with one attached hydrogen (secondary N) is 1. The molecule has 0 aromatic heterocycles. The summed E-state index contributed by atoms with van der Waals surface area (Å²) in [6.45, 7) is 5.36. The van der Waals surface area contributed by atoms with Gasteiger partial charge in [0.15, 0.2) is 5.54 Å². The van der Waals surface area contributed by atoms with Gasteiger partial charge in [-0.05, 0) is 32.7 Å². The maximum absolute atomic E-state index is 12.6. The number of nitrogens with zero attached hydrogens (tertiary/aromatic N) is 1. The number of carbonyl (C=O) groups is 1. The van der Waals surface area contributed by atoms with Crippen molar-refractivity contribution in [3.05, 3.63) is 0 Å². The molecule has 3 N–H and O–H groups in total. The average molecular weight is 281 g/mol. The van der Waals surface area contributed by atoms with Crippen molar-refractivity contribution < 1.29 is 18.0 Å². The number of nitrogens with two attached hydrogens (primary N) is 1. The Bertz CT molecular complexity index is 310. The minimum absolute atomic E-state index is 0.217. The van der Waals surface area contributed by atoms with Gasteiger partial charge in [-0.15, -0.1) is 0 Å². The highest BCUT2D eigenvalue weighted by Crippen LogP contribution is 2.28. The second-order valence-corrected chi connectivity index (χ2v) is 5.29. The van der Waals surface area contributed by atoms with Crippen molar-refractivity contribution in [1.82, 2.24) is 10.2 Å². The molecular weight excluding hydrogens is 259 g/mol. The molecule has 0 bridgehead atoms. The third-order valence-corrected chi connectivity index (χ3v) is 3.52. The number of likely N-dealkylation sites (tertiary alicyclic amines) is 1. The van der Waals surface area contributed by atoms with Crippen molar-refractivity contribution in [1.29, 1.82) is 0 Å². The molecule has 1 rings (SSSR count). The molecule has 0 saturated carbocycles. The van der Waals surface area contributed by atoms with Gasteiger partial charge in [0.1, 0.15) is 0 Å². The van der Waals surface area contributed by atoms with Gasteiger partial charge in [-0.1, -0.05) is 6.92 Å². The molecule has 0 aromatic carbocycles. The summed E-state index contributed by atoms with van der Waals surface area (Å²) in [6, 6.07) is -0.217. The van der Waals surface area contributed by atoms with E-state index in [2.05, 4.69) is 17.1 Å². The molecule has 0 radical (unpaired) electrons. The molecule has 4 nitrogen and oxygen atoms in total. The first kappa shape index (κ1) is 16.2. The molecule has 1 amide bonds. The molecular formula is C12H22F3N3O. The lowest BCUT2D eigenvalue weighted by molar-refractivity contribution is -0.187. The van der Waals surface area contributed by atoms with Crippen LogP contribution in [0.5, 0.6) is 0 Å². The SMILES string of the molecule is CCCN1CCC(NC(=O)C(C)(N)C(F)(F)F)CC1. The van der Waals surface area contributed by atoms with Crippen molar-refractivity contribution in [3.63, 3.8) is 0 Å². The lowest BCUT2D eigenvalue weighted by Crippen LogP contribution is -2.63. The van der Waals surface area contributed by atoms with E-state index in [1.165, 1.54) is 0 Å². The molecule has 7 heteroatoms. The minimum Gasteiger partial charge on any atom is -0.351 e. The van der Waals surface area contributed by atoms with Gasteiger partial charge in [0.05, 0.1) is 0 Å². The van der Waals surface area contributed by atoms with Crippen molar-refractivity contribution in [2.24, 2.45) is 5.73 Å². The number of hydrogen-bond acceptors (Lipinski definition) is 3. The summed E-state index contributed by atoms with van der Waals surface area (Å²) in [7, 11) is 0. The fraction of sp³-hybridized carbons (Fsp3) is 0.917. The molecule has 0 aliphatic carbocycles. The first-order chi connectivity index (χ1) is 8.68. The van der Waals surface area contributed by atoms with Gasteiger partial charge in [0.25, 0.3) is 0 Å². The van der Waals surface area contributed by atoms with Crippen LogP contribution in [-0.4, -0.2) is 48.2 Å². The van der Waals surface area contributed by atoms with E-state index in [0.717, 1.165) is 26.1 Å². The summed E-state index contributed by atoms with van der Waals surface area (Å²) in [5.74, 6) is -1.14. The summed E-state index contributed by atoms with van der Waals surface area (Å²) in [5.41, 5.74) is 2.26. The monoisotopic (exact) mass is 281 g/mol. The van der Waals surface area contributed by atoms with E-state index in [4.69, 9.17) is 5.73 Å². The Labute approximate surface area is 111 Å². The van der Waals surface area contributed by atoms with Crippen LogP contribution in [0.1, 0.15) is 33.1 Å². The Hall–Kier alpha value is -0.820. The molecule has 1 fully saturated rings. The molecule has 1 heterocycles. The van der Waals surface area contributed by atoms with Crippen LogP contribution < -0.4 is 11.1 Å². The maximum Gasteiger partial charge on any atom is 0.415 e. The number of amides is 1. The minimum atomic E-state index is -4.74. The average Bonchev–Trinajstić information content (AvgIpc) is 2.30. The Morgan fingerprint density at radius 2 is 1.89 bits per heavy atom. The first-order valence-corrected chi connectivity index (χ1v) is 6.57. The second-order valence-electron chi connectivity index (χ2n) is 5.29. The molecule has 1 atom stereocenters. The molecule has 1 aliphatic heterocycles. The summed E-state index contributed by atoms with van der Waals surface area (Å²) >= 11 is 0. The van der Waals surface area contributed by atoms with Gasteiger partial charge in [-0.25, -0.2) is 0 Å². The van der Waals surface area contributed by atoms with Gasteiger partial charge in [0.2, 0.25) is 5.91 Å². The predicted octanol–water partition coefficient (Wildman–Crippen LogP) is 1.26. The van der Waals surface area contributed by atoms with E-state index in [-0.39, 0.29) is 6.04 Å². The largest absolute Gasteiger partial charge is 0.415 e. The van der Waals surface area contributed by atoms with Crippen molar-refractivity contribution >= 4 is 5.91 Å². The van der Waals surface area contributed by atoms with Crippen LogP contribution in [0.3, 0.4) is 0 Å². The van der Waals surface area contributed by atoms with E-state index >= 15 is 0 Å². The number of hydrogen-bond donors (Lipinski definition) is 2. The summed E-state index contributed by atoms with van der Waals surface area (Å²) in [6.07, 6.45) is -2.36. The van der Waals surface area contributed by atoms with Crippen LogP contribution in [0.15, 0.2) is 0 Å². The van der Waals surface area contributed by atoms with Gasteiger partial charge in [-0.2, -0.15) is 13.2 Å². The molecule has 1 aliphatic rings. The topological polar surface area (TPSA) is 58.4 Å². The second kappa shape index (κ2) is 6.09. The summed E-state index contributed by atoms with van der Waals surface area (Å²) < 4.78 is 37.8. The zero-order chi connectivity index (χ0) is 14.7. The van der Waals surface area contributed by atoms with Crippen molar-refractivity contribution in [3.8, 4) is 0 Å². The number of alkyl halides is 3. The Morgan fingerprint density at radius 3 is 2.32 bits per heavy atom. The third kappa shape index (κ3) is 4.07. The maximum atomic E-state index is 12.6. The lowest BCUT2D eigenvalue weighted by Gasteiger charge is -2.34. The number of piperidine rings is 1. The van der Waals surface area contributed by atoms with Gasteiger partial charge in [0, 0.05) is 19.1 Å². The van der Waals surface area contributed by atoms with Crippen molar-refractivity contribution in [2.75, 3.05) is 19.6 Å². The molecule has 1 unspecified atom stereocenters. The van der Waals surface area contributed by atoms with Crippen LogP contribution >= 0.6 is 0 Å². The van der Waals surface area contributed by atoms with E-state index in [0.29, 0.717) is 19.8 Å². The van der Waals surface area contributed by atoms with Crippen LogP contribution in [-0.2, 0) is 4.79 Å². The zero-order valence-corrected chi connectivity index (χ0v) is 11.4. The highest BCUT2D eigenvalue weighted by Gasteiger charge is 2.54. The highest BCUT2D eigenvalue weighted by atomic mass is 19.4. The normalized spacial score (nSPS) is 22.0. The van der Waals surface area contributed by atoms with E-state index in [1.807, 2.05) is 0 Å². The van der Waals surface area contributed by atoms with Gasteiger partial charge in [-0.3, -0.25) is 4.79 Å². The van der Waals surface area contributed by atoms with Crippen LogP contribution in [0.2, 0.25) is 0 Å². The Morgan fingerprint density at radius 1 is 1.37 bits per heavy atom. The molecule has 0 spiro atoms. The fourth-order valence-corrected chi connectivity index (χ4v) is 2.08. The van der Waals surface area contributed by atoms with Crippen LogP contribution in [0.25, 0.3) is 0 Å². The van der Waals surface area contributed by atoms with E-state index in [9.17, 15) is 18.0 Å². The Balaban J connectivity index is 2.47. The predicted molar refractivity (Wildman–Crippen MR) is 66.5 cm³/mol. The smallest absolute Gasteiger partial charge is 0.351 e. The Kier molecular flexibility index (Phi) is 5.20. The fourth-order valence-electron chi connectivity index (χ4n) is 2.08. The number of halogens is 3. The van der Waals surface area contributed by atoms with Crippen molar-refractivity contribution in [2.45, 2.75) is 50.9 Å². The quantitative estimate of drug-likeness (QED) is 0.815. The molecule has 112 valence electrons.